The molecular formula is C53H105NO9. The summed E-state index contributed by atoms with van der Waals surface area (Å²) < 4.78 is 11.2. The molecule has 7 N–H and O–H groups in total. The van der Waals surface area contributed by atoms with Gasteiger partial charge in [0.25, 0.3) is 0 Å². The van der Waals surface area contributed by atoms with Gasteiger partial charge in [0.1, 0.15) is 30.5 Å². The number of aliphatic hydroxyl groups excluding tert-OH is 6. The Hall–Kier alpha value is -0.850. The van der Waals surface area contributed by atoms with Gasteiger partial charge < -0.3 is 45.4 Å². The summed E-state index contributed by atoms with van der Waals surface area (Å²) in [7, 11) is 0. The summed E-state index contributed by atoms with van der Waals surface area (Å²) in [4.78, 5) is 13.0. The van der Waals surface area contributed by atoms with Crippen LogP contribution < -0.4 is 5.32 Å². The van der Waals surface area contributed by atoms with E-state index in [2.05, 4.69) is 19.2 Å². The number of aliphatic hydroxyl groups is 6. The van der Waals surface area contributed by atoms with Gasteiger partial charge in [0.15, 0.2) is 6.29 Å². The molecule has 0 bridgehead atoms. The fraction of sp³-hybridized carbons (Fsp3) is 0.981. The molecule has 1 saturated heterocycles. The lowest BCUT2D eigenvalue weighted by Crippen LogP contribution is -2.60. The van der Waals surface area contributed by atoms with E-state index in [0.717, 1.165) is 44.9 Å². The van der Waals surface area contributed by atoms with Gasteiger partial charge in [-0.2, -0.15) is 0 Å². The van der Waals surface area contributed by atoms with Crippen LogP contribution in [-0.2, 0) is 14.3 Å². The van der Waals surface area contributed by atoms with Crippen molar-refractivity contribution in [2.24, 2.45) is 0 Å². The first-order valence-corrected chi connectivity index (χ1v) is 27.3. The van der Waals surface area contributed by atoms with Crippen LogP contribution in [0.3, 0.4) is 0 Å². The monoisotopic (exact) mass is 900 g/mol. The van der Waals surface area contributed by atoms with Crippen LogP contribution in [0.5, 0.6) is 0 Å². The molecule has 1 rings (SSSR count). The molecule has 10 heteroatoms. The van der Waals surface area contributed by atoms with Crippen molar-refractivity contribution in [1.82, 2.24) is 5.32 Å². The molecule has 0 aliphatic carbocycles. The summed E-state index contributed by atoms with van der Waals surface area (Å²) in [5.41, 5.74) is 0. The summed E-state index contributed by atoms with van der Waals surface area (Å²) in [5, 5.41) is 65.2. The number of unbranched alkanes of at least 4 members (excludes halogenated alkanes) is 36. The van der Waals surface area contributed by atoms with Gasteiger partial charge in [-0.25, -0.2) is 0 Å². The van der Waals surface area contributed by atoms with E-state index in [1.807, 2.05) is 0 Å². The molecule has 0 aromatic carbocycles. The van der Waals surface area contributed by atoms with Crippen molar-refractivity contribution in [3.05, 3.63) is 0 Å². The Bertz CT molecular complexity index is 973. The number of carbonyl (C=O) groups excluding carboxylic acids is 1. The lowest BCUT2D eigenvalue weighted by atomic mass is 9.98. The maximum atomic E-state index is 13.0. The molecule has 0 radical (unpaired) electrons. The standard InChI is InChI=1S/C53H105NO9/c1-3-5-7-9-11-13-14-15-16-17-18-19-20-21-22-23-24-25-26-27-28-29-30-31-32-34-36-38-40-42-48(57)54-45(44-62-53-52(61)51(60)50(59)47(43-55)63-53)49(58)46(56)41-39-37-35-33-12-10-8-6-4-2/h45-47,49-53,55-56,58-61H,3-44H2,1-2H3,(H,54,57)/t45-,46+,47+,49-,50-,51?,52?,53+/m0/s1. The number of hydrogen-bond acceptors (Lipinski definition) is 9. The van der Waals surface area contributed by atoms with Gasteiger partial charge in [-0.15, -0.1) is 0 Å². The summed E-state index contributed by atoms with van der Waals surface area (Å²) in [5.74, 6) is -0.253. The van der Waals surface area contributed by atoms with E-state index in [-0.39, 0.29) is 18.9 Å². The van der Waals surface area contributed by atoms with Crippen LogP contribution in [0, 0.1) is 0 Å². The van der Waals surface area contributed by atoms with Gasteiger partial charge in [0.05, 0.1) is 25.4 Å². The second-order valence-electron chi connectivity index (χ2n) is 19.5. The van der Waals surface area contributed by atoms with Gasteiger partial charge in [0, 0.05) is 6.42 Å². The van der Waals surface area contributed by atoms with Crippen LogP contribution in [0.15, 0.2) is 0 Å². The smallest absolute Gasteiger partial charge is 0.220 e. The first-order chi connectivity index (χ1) is 30.8. The number of rotatable bonds is 47. The lowest BCUT2D eigenvalue weighted by Gasteiger charge is -2.40. The summed E-state index contributed by atoms with van der Waals surface area (Å²) in [6, 6.07) is -0.984. The molecule has 1 aliphatic rings. The molecule has 2 unspecified atom stereocenters. The van der Waals surface area contributed by atoms with Gasteiger partial charge in [-0.3, -0.25) is 4.79 Å². The van der Waals surface area contributed by atoms with Crippen molar-refractivity contribution in [3.8, 4) is 0 Å². The summed E-state index contributed by atoms with van der Waals surface area (Å²) in [6.07, 6.45) is 40.1. The predicted molar refractivity (Wildman–Crippen MR) is 260 cm³/mol. The predicted octanol–water partition coefficient (Wildman–Crippen LogP) is 11.7. The first-order valence-electron chi connectivity index (χ1n) is 27.3. The number of amides is 1. The third-order valence-electron chi connectivity index (χ3n) is 13.6. The quantitative estimate of drug-likeness (QED) is 0.0294. The van der Waals surface area contributed by atoms with E-state index in [1.54, 1.807) is 0 Å². The largest absolute Gasteiger partial charge is 0.394 e. The molecule has 376 valence electrons. The highest BCUT2D eigenvalue weighted by atomic mass is 16.7. The molecule has 0 spiro atoms. The minimum Gasteiger partial charge on any atom is -0.394 e. The van der Waals surface area contributed by atoms with Crippen LogP contribution in [0.25, 0.3) is 0 Å². The Labute approximate surface area is 387 Å². The normalized spacial score (nSPS) is 20.5. The molecule has 10 nitrogen and oxygen atoms in total. The van der Waals surface area contributed by atoms with Crippen molar-refractivity contribution >= 4 is 5.91 Å². The maximum Gasteiger partial charge on any atom is 0.220 e. The van der Waals surface area contributed by atoms with Crippen molar-refractivity contribution in [2.45, 2.75) is 320 Å². The summed E-state index contributed by atoms with van der Waals surface area (Å²) in [6.45, 7) is 3.61. The minimum absolute atomic E-state index is 0.253. The third-order valence-corrected chi connectivity index (χ3v) is 13.6. The van der Waals surface area contributed by atoms with Crippen LogP contribution >= 0.6 is 0 Å². The number of carbonyl (C=O) groups is 1. The van der Waals surface area contributed by atoms with E-state index in [4.69, 9.17) is 9.47 Å². The second kappa shape index (κ2) is 43.7. The molecule has 1 amide bonds. The number of ether oxygens (including phenoxy) is 2. The van der Waals surface area contributed by atoms with Crippen molar-refractivity contribution in [2.75, 3.05) is 13.2 Å². The Morgan fingerprint density at radius 1 is 0.492 bits per heavy atom. The van der Waals surface area contributed by atoms with E-state index >= 15 is 0 Å². The third kappa shape index (κ3) is 33.3. The van der Waals surface area contributed by atoms with E-state index in [1.165, 1.54) is 199 Å². The fourth-order valence-corrected chi connectivity index (χ4v) is 9.14. The molecule has 63 heavy (non-hydrogen) atoms. The molecule has 0 aromatic rings. The zero-order valence-corrected chi connectivity index (χ0v) is 41.2. The highest BCUT2D eigenvalue weighted by Crippen LogP contribution is 2.23. The van der Waals surface area contributed by atoms with Crippen molar-refractivity contribution < 1.29 is 44.9 Å². The highest BCUT2D eigenvalue weighted by Gasteiger charge is 2.44. The van der Waals surface area contributed by atoms with E-state index in [9.17, 15) is 35.4 Å². The highest BCUT2D eigenvalue weighted by molar-refractivity contribution is 5.76. The van der Waals surface area contributed by atoms with Crippen molar-refractivity contribution in [1.29, 1.82) is 0 Å². The molecule has 1 heterocycles. The second-order valence-corrected chi connectivity index (χ2v) is 19.5. The molecule has 1 fully saturated rings. The first kappa shape index (κ1) is 60.2. The molecule has 0 saturated carbocycles. The Kier molecular flexibility index (Phi) is 41.7. The summed E-state index contributed by atoms with van der Waals surface area (Å²) >= 11 is 0. The molecule has 8 atom stereocenters. The minimum atomic E-state index is -1.60. The lowest BCUT2D eigenvalue weighted by molar-refractivity contribution is -0.303. The van der Waals surface area contributed by atoms with Crippen LogP contribution in [-0.4, -0.2) is 98.7 Å². The van der Waals surface area contributed by atoms with Crippen LogP contribution in [0.2, 0.25) is 0 Å². The van der Waals surface area contributed by atoms with Gasteiger partial charge >= 0.3 is 0 Å². The molecule has 1 aliphatic heterocycles. The van der Waals surface area contributed by atoms with Crippen LogP contribution in [0.4, 0.5) is 0 Å². The van der Waals surface area contributed by atoms with Crippen LogP contribution in [0.1, 0.15) is 271 Å². The topological polar surface area (TPSA) is 169 Å². The average molecular weight is 900 g/mol. The Morgan fingerprint density at radius 2 is 0.825 bits per heavy atom. The molecule has 0 aromatic heterocycles. The van der Waals surface area contributed by atoms with Gasteiger partial charge in [0.2, 0.25) is 5.91 Å². The average Bonchev–Trinajstić information content (AvgIpc) is 3.28. The van der Waals surface area contributed by atoms with Gasteiger partial charge in [-0.1, -0.05) is 251 Å². The number of hydrogen-bond donors (Lipinski definition) is 7. The maximum absolute atomic E-state index is 13.0. The van der Waals surface area contributed by atoms with E-state index < -0.39 is 55.6 Å². The molecular weight excluding hydrogens is 795 g/mol. The zero-order chi connectivity index (χ0) is 46.0. The Balaban J connectivity index is 2.14. The number of nitrogens with one attached hydrogen (secondary N) is 1. The van der Waals surface area contributed by atoms with E-state index in [0.29, 0.717) is 6.42 Å². The van der Waals surface area contributed by atoms with Crippen molar-refractivity contribution in [3.63, 3.8) is 0 Å². The fourth-order valence-electron chi connectivity index (χ4n) is 9.14. The Morgan fingerprint density at radius 3 is 1.17 bits per heavy atom. The zero-order valence-electron chi connectivity index (χ0n) is 41.2. The van der Waals surface area contributed by atoms with Gasteiger partial charge in [-0.05, 0) is 12.8 Å². The SMILES string of the molecule is CCCCCCCCCCCCCCCCCCCCCCCCCCCCCCCC(=O)N[C@@H](CO[C@@H]1O[C@H](CO)[C@H](O)C(O)C1O)[C@H](O)[C@H](O)CCCCCCCCCCC.